The highest BCUT2D eigenvalue weighted by Crippen LogP contribution is 2.26. The second-order valence-electron chi connectivity index (χ2n) is 8.29. The molecule has 5 nitrogen and oxygen atoms in total. The molecule has 1 heterocycles. The van der Waals surface area contributed by atoms with Gasteiger partial charge in [0.1, 0.15) is 5.75 Å². The number of hydrogen-bond donors (Lipinski definition) is 1. The summed E-state index contributed by atoms with van der Waals surface area (Å²) in [5, 5.41) is 2.90. The average molecular weight is 407 g/mol. The van der Waals surface area contributed by atoms with Gasteiger partial charge in [-0.2, -0.15) is 0 Å². The van der Waals surface area contributed by atoms with Crippen LogP contribution in [0.15, 0.2) is 42.5 Å². The minimum absolute atomic E-state index is 0.0196. The molecule has 0 radical (unpaired) electrons. The summed E-state index contributed by atoms with van der Waals surface area (Å²) in [5.41, 5.74) is 3.78. The molecule has 1 aliphatic carbocycles. The number of carbonyl (C=O) groups is 2. The van der Waals surface area contributed by atoms with Crippen molar-refractivity contribution in [3.8, 4) is 5.75 Å². The van der Waals surface area contributed by atoms with Gasteiger partial charge in [0.2, 0.25) is 0 Å². The van der Waals surface area contributed by atoms with E-state index in [-0.39, 0.29) is 11.8 Å². The molecule has 1 aliphatic heterocycles. The number of rotatable bonds is 5. The molecule has 2 aliphatic rings. The van der Waals surface area contributed by atoms with E-state index in [0.29, 0.717) is 11.3 Å². The number of carbonyl (C=O) groups excluding carboxylic acids is 2. The van der Waals surface area contributed by atoms with Gasteiger partial charge in [0, 0.05) is 13.1 Å². The standard InChI is InChI=1S/C25H30N2O3/c1-18(30-21-14-13-19-9-3-4-10-20(19)17-21)24(28)26-23-12-6-5-11-22(23)25(29)27-15-7-2-8-16-27/h5-6,11-14,17-18H,2-4,7-10,15-16H2,1H3,(H,26,28)/t18-/m0/s1. The van der Waals surface area contributed by atoms with Crippen LogP contribution in [-0.4, -0.2) is 35.9 Å². The lowest BCUT2D eigenvalue weighted by atomic mass is 9.92. The van der Waals surface area contributed by atoms with Gasteiger partial charge < -0.3 is 15.0 Å². The first kappa shape index (κ1) is 20.5. The topological polar surface area (TPSA) is 58.6 Å². The van der Waals surface area contributed by atoms with E-state index < -0.39 is 6.10 Å². The summed E-state index contributed by atoms with van der Waals surface area (Å²) in [6, 6.07) is 13.3. The molecule has 4 rings (SSSR count). The van der Waals surface area contributed by atoms with E-state index in [1.165, 1.54) is 30.4 Å². The lowest BCUT2D eigenvalue weighted by Gasteiger charge is -2.27. The van der Waals surface area contributed by atoms with Crippen LogP contribution in [0.1, 0.15) is 60.5 Å². The van der Waals surface area contributed by atoms with E-state index in [4.69, 9.17) is 4.74 Å². The number of benzene rings is 2. The predicted octanol–water partition coefficient (Wildman–Crippen LogP) is 4.60. The second-order valence-corrected chi connectivity index (χ2v) is 8.29. The second kappa shape index (κ2) is 9.33. The highest BCUT2D eigenvalue weighted by molar-refractivity contribution is 6.04. The van der Waals surface area contributed by atoms with E-state index in [9.17, 15) is 9.59 Å². The molecule has 2 amide bonds. The molecular weight excluding hydrogens is 376 g/mol. The molecular formula is C25H30N2O3. The third kappa shape index (κ3) is 4.66. The number of para-hydroxylation sites is 1. The Balaban J connectivity index is 1.43. The zero-order chi connectivity index (χ0) is 20.9. The quantitative estimate of drug-likeness (QED) is 0.790. The van der Waals surface area contributed by atoms with Crippen LogP contribution in [0.2, 0.25) is 0 Å². The zero-order valence-electron chi connectivity index (χ0n) is 17.7. The number of nitrogens with zero attached hydrogens (tertiary/aromatic N) is 1. The van der Waals surface area contributed by atoms with E-state index in [1.54, 1.807) is 19.1 Å². The fourth-order valence-corrected chi connectivity index (χ4v) is 4.32. The summed E-state index contributed by atoms with van der Waals surface area (Å²) < 4.78 is 5.92. The molecule has 2 aromatic rings. The van der Waals surface area contributed by atoms with Crippen molar-refractivity contribution < 1.29 is 14.3 Å². The molecule has 0 aromatic heterocycles. The van der Waals surface area contributed by atoms with Gasteiger partial charge in [0.15, 0.2) is 6.10 Å². The Kier molecular flexibility index (Phi) is 6.36. The van der Waals surface area contributed by atoms with Gasteiger partial charge in [-0.3, -0.25) is 9.59 Å². The number of anilines is 1. The third-order valence-electron chi connectivity index (χ3n) is 6.06. The average Bonchev–Trinajstić information content (AvgIpc) is 2.79. The van der Waals surface area contributed by atoms with Crippen LogP contribution in [-0.2, 0) is 17.6 Å². The minimum Gasteiger partial charge on any atom is -0.481 e. The molecule has 1 N–H and O–H groups in total. The number of likely N-dealkylation sites (tertiary alicyclic amines) is 1. The van der Waals surface area contributed by atoms with Gasteiger partial charge in [-0.1, -0.05) is 18.2 Å². The van der Waals surface area contributed by atoms with Crippen molar-refractivity contribution in [2.45, 2.75) is 58.0 Å². The summed E-state index contributed by atoms with van der Waals surface area (Å²) in [6.07, 6.45) is 7.20. The molecule has 1 fully saturated rings. The Hall–Kier alpha value is -2.82. The third-order valence-corrected chi connectivity index (χ3v) is 6.06. The fourth-order valence-electron chi connectivity index (χ4n) is 4.32. The van der Waals surface area contributed by atoms with E-state index in [0.717, 1.165) is 44.5 Å². The number of piperidine rings is 1. The van der Waals surface area contributed by atoms with Gasteiger partial charge in [-0.15, -0.1) is 0 Å². The van der Waals surface area contributed by atoms with E-state index in [1.807, 2.05) is 23.1 Å². The van der Waals surface area contributed by atoms with Crippen LogP contribution in [0.4, 0.5) is 5.69 Å². The molecule has 30 heavy (non-hydrogen) atoms. The summed E-state index contributed by atoms with van der Waals surface area (Å²) in [4.78, 5) is 27.6. The SMILES string of the molecule is C[C@H](Oc1ccc2c(c1)CCCC2)C(=O)Nc1ccccc1C(=O)N1CCCCC1. The molecule has 0 bridgehead atoms. The Labute approximate surface area is 178 Å². The predicted molar refractivity (Wildman–Crippen MR) is 118 cm³/mol. The Morgan fingerprint density at radius 2 is 1.67 bits per heavy atom. The lowest BCUT2D eigenvalue weighted by molar-refractivity contribution is -0.122. The van der Waals surface area contributed by atoms with Gasteiger partial charge >= 0.3 is 0 Å². The first-order valence-corrected chi connectivity index (χ1v) is 11.1. The maximum absolute atomic E-state index is 12.9. The fraction of sp³-hybridized carbons (Fsp3) is 0.440. The van der Waals surface area contributed by atoms with Crippen LogP contribution < -0.4 is 10.1 Å². The Morgan fingerprint density at radius 3 is 2.47 bits per heavy atom. The molecule has 0 saturated carbocycles. The number of aryl methyl sites for hydroxylation is 2. The summed E-state index contributed by atoms with van der Waals surface area (Å²) in [5.74, 6) is 0.441. The van der Waals surface area contributed by atoms with Crippen molar-refractivity contribution >= 4 is 17.5 Å². The lowest BCUT2D eigenvalue weighted by Crippen LogP contribution is -2.36. The van der Waals surface area contributed by atoms with Crippen molar-refractivity contribution in [1.82, 2.24) is 4.90 Å². The maximum Gasteiger partial charge on any atom is 0.265 e. The monoisotopic (exact) mass is 406 g/mol. The van der Waals surface area contributed by atoms with Gasteiger partial charge in [0.05, 0.1) is 11.3 Å². The van der Waals surface area contributed by atoms with Crippen molar-refractivity contribution in [3.63, 3.8) is 0 Å². The van der Waals surface area contributed by atoms with Crippen LogP contribution in [0, 0.1) is 0 Å². The van der Waals surface area contributed by atoms with Gasteiger partial charge in [-0.25, -0.2) is 0 Å². The van der Waals surface area contributed by atoms with Crippen molar-refractivity contribution in [1.29, 1.82) is 0 Å². The van der Waals surface area contributed by atoms with Gasteiger partial charge in [0.25, 0.3) is 11.8 Å². The number of ether oxygens (including phenoxy) is 1. The van der Waals surface area contributed by atoms with Crippen LogP contribution in [0.3, 0.4) is 0 Å². The normalized spacial score (nSPS) is 17.0. The number of nitrogens with one attached hydrogen (secondary N) is 1. The Morgan fingerprint density at radius 1 is 0.933 bits per heavy atom. The first-order chi connectivity index (χ1) is 14.6. The number of hydrogen-bond acceptors (Lipinski definition) is 3. The highest BCUT2D eigenvalue weighted by atomic mass is 16.5. The van der Waals surface area contributed by atoms with Crippen molar-refractivity contribution in [2.75, 3.05) is 18.4 Å². The number of fused-ring (bicyclic) bond motifs is 1. The molecule has 0 spiro atoms. The first-order valence-electron chi connectivity index (χ1n) is 11.1. The van der Waals surface area contributed by atoms with E-state index in [2.05, 4.69) is 17.4 Å². The molecule has 158 valence electrons. The van der Waals surface area contributed by atoms with Crippen molar-refractivity contribution in [2.24, 2.45) is 0 Å². The smallest absolute Gasteiger partial charge is 0.265 e. The van der Waals surface area contributed by atoms with Crippen molar-refractivity contribution in [3.05, 3.63) is 59.2 Å². The van der Waals surface area contributed by atoms with Gasteiger partial charge in [-0.05, 0) is 87.3 Å². The zero-order valence-corrected chi connectivity index (χ0v) is 17.7. The van der Waals surface area contributed by atoms with E-state index >= 15 is 0 Å². The summed E-state index contributed by atoms with van der Waals surface area (Å²) in [6.45, 7) is 3.29. The summed E-state index contributed by atoms with van der Waals surface area (Å²) in [7, 11) is 0. The summed E-state index contributed by atoms with van der Waals surface area (Å²) >= 11 is 0. The molecule has 2 aromatic carbocycles. The molecule has 1 atom stereocenters. The molecule has 5 heteroatoms. The number of amides is 2. The Bertz CT molecular complexity index is 918. The highest BCUT2D eigenvalue weighted by Gasteiger charge is 2.23. The van der Waals surface area contributed by atoms with Crippen LogP contribution >= 0.6 is 0 Å². The molecule has 1 saturated heterocycles. The van der Waals surface area contributed by atoms with Crippen LogP contribution in [0.5, 0.6) is 5.75 Å². The maximum atomic E-state index is 12.9. The largest absolute Gasteiger partial charge is 0.481 e. The van der Waals surface area contributed by atoms with Crippen LogP contribution in [0.25, 0.3) is 0 Å². The minimum atomic E-state index is -0.662. The molecule has 0 unspecified atom stereocenters.